The molecule has 1 aromatic carbocycles. The van der Waals surface area contributed by atoms with Gasteiger partial charge in [0.15, 0.2) is 5.82 Å². The van der Waals surface area contributed by atoms with E-state index < -0.39 is 0 Å². The summed E-state index contributed by atoms with van der Waals surface area (Å²) in [5.74, 6) is 0.942. The van der Waals surface area contributed by atoms with Gasteiger partial charge in [0.25, 0.3) is 0 Å². The van der Waals surface area contributed by atoms with Gasteiger partial charge in [0.1, 0.15) is 0 Å². The maximum absolute atomic E-state index is 11.6. The number of aliphatic hydroxyl groups is 1. The van der Waals surface area contributed by atoms with Crippen LogP contribution >= 0.6 is 0 Å². The summed E-state index contributed by atoms with van der Waals surface area (Å²) in [4.78, 5) is 18.4. The molecule has 0 aliphatic carbocycles. The van der Waals surface area contributed by atoms with Gasteiger partial charge in [-0.25, -0.2) is 0 Å². The van der Waals surface area contributed by atoms with Crippen LogP contribution in [0.15, 0.2) is 41.5 Å². The number of carbonyl (C=O) groups excluding carboxylic acids is 1. The van der Waals surface area contributed by atoms with Gasteiger partial charge in [-0.15, -0.1) is 0 Å². The van der Waals surface area contributed by atoms with Crippen LogP contribution in [0.3, 0.4) is 0 Å². The van der Waals surface area contributed by atoms with Crippen molar-refractivity contribution in [2.45, 2.75) is 19.8 Å². The Morgan fingerprint density at radius 3 is 2.94 bits per heavy atom. The van der Waals surface area contributed by atoms with E-state index in [4.69, 9.17) is 14.6 Å². The number of benzene rings is 1. The number of hydrazone groups is 1. The molecule has 9 heteroatoms. The Kier molecular flexibility index (Phi) is 9.27. The highest BCUT2D eigenvalue weighted by Gasteiger charge is 2.14. The molecule has 1 aliphatic rings. The zero-order valence-corrected chi connectivity index (χ0v) is 18.4. The molecule has 0 atom stereocenters. The molecule has 0 bridgehead atoms. The predicted molar refractivity (Wildman–Crippen MR) is 124 cm³/mol. The Morgan fingerprint density at radius 1 is 1.31 bits per heavy atom. The molecule has 3 N–H and O–H groups in total. The number of aryl methyl sites for hydroxylation is 1. The number of carbonyl (C=O) groups is 1. The Bertz CT molecular complexity index is 900. The van der Waals surface area contributed by atoms with Gasteiger partial charge in [0.05, 0.1) is 32.6 Å². The van der Waals surface area contributed by atoms with E-state index >= 15 is 0 Å². The molecule has 1 amide bonds. The standard InChI is InChI=1S/C23H31N5O4/c1-18-4-2-5-19(14-18)17-25-27-21-15-20(28-8-12-31-13-9-28)16-23(26-21)32-11-3-6-22(30)24-7-10-29/h2,4-5,14-17,29H,3,6-13H2,1H3,(H,24,30)(H,26,27). The Labute approximate surface area is 188 Å². The number of amides is 1. The topological polar surface area (TPSA) is 108 Å². The van der Waals surface area contributed by atoms with Gasteiger partial charge in [-0.05, 0) is 18.9 Å². The van der Waals surface area contributed by atoms with Crippen molar-refractivity contribution in [1.82, 2.24) is 10.3 Å². The molecule has 0 saturated carbocycles. The van der Waals surface area contributed by atoms with Gasteiger partial charge >= 0.3 is 0 Å². The first kappa shape index (κ1) is 23.5. The smallest absolute Gasteiger partial charge is 0.220 e. The Hall–Kier alpha value is -3.17. The minimum atomic E-state index is -0.106. The number of hydrogen-bond donors (Lipinski definition) is 3. The fourth-order valence-corrected chi connectivity index (χ4v) is 3.24. The maximum atomic E-state index is 11.6. The summed E-state index contributed by atoms with van der Waals surface area (Å²) in [7, 11) is 0. The average Bonchev–Trinajstić information content (AvgIpc) is 2.81. The highest BCUT2D eigenvalue weighted by atomic mass is 16.5. The van der Waals surface area contributed by atoms with Crippen LogP contribution in [0.4, 0.5) is 11.5 Å². The van der Waals surface area contributed by atoms with E-state index in [0.29, 0.717) is 44.4 Å². The van der Waals surface area contributed by atoms with E-state index in [-0.39, 0.29) is 19.1 Å². The average molecular weight is 442 g/mol. The maximum Gasteiger partial charge on any atom is 0.220 e. The van der Waals surface area contributed by atoms with Gasteiger partial charge in [0, 0.05) is 43.9 Å². The minimum absolute atomic E-state index is 0.0668. The van der Waals surface area contributed by atoms with Crippen LogP contribution < -0.4 is 20.4 Å². The summed E-state index contributed by atoms with van der Waals surface area (Å²) in [6.45, 7) is 5.53. The number of nitrogens with zero attached hydrogens (tertiary/aromatic N) is 3. The van der Waals surface area contributed by atoms with Gasteiger partial charge in [-0.3, -0.25) is 10.2 Å². The van der Waals surface area contributed by atoms with E-state index in [9.17, 15) is 4.79 Å². The minimum Gasteiger partial charge on any atom is -0.478 e. The molecule has 172 valence electrons. The first-order chi connectivity index (χ1) is 15.6. The number of anilines is 2. The lowest BCUT2D eigenvalue weighted by Gasteiger charge is -2.29. The van der Waals surface area contributed by atoms with Crippen molar-refractivity contribution >= 4 is 23.6 Å². The molecule has 0 unspecified atom stereocenters. The van der Waals surface area contributed by atoms with Crippen LogP contribution in [0.1, 0.15) is 24.0 Å². The number of pyridine rings is 1. The SMILES string of the molecule is Cc1cccc(C=NNc2cc(N3CCOCC3)cc(OCCCC(=O)NCCO)n2)c1. The first-order valence-electron chi connectivity index (χ1n) is 10.8. The lowest BCUT2D eigenvalue weighted by atomic mass is 10.2. The van der Waals surface area contributed by atoms with Crippen molar-refractivity contribution in [3.8, 4) is 5.88 Å². The molecule has 32 heavy (non-hydrogen) atoms. The lowest BCUT2D eigenvalue weighted by molar-refractivity contribution is -0.121. The van der Waals surface area contributed by atoms with Crippen molar-refractivity contribution in [2.24, 2.45) is 5.10 Å². The van der Waals surface area contributed by atoms with Crippen LogP contribution in [0, 0.1) is 6.92 Å². The van der Waals surface area contributed by atoms with Crippen molar-refractivity contribution in [1.29, 1.82) is 0 Å². The molecule has 9 nitrogen and oxygen atoms in total. The number of rotatable bonds is 11. The largest absolute Gasteiger partial charge is 0.478 e. The molecule has 1 fully saturated rings. The van der Waals surface area contributed by atoms with Crippen LogP contribution in [0.25, 0.3) is 0 Å². The summed E-state index contributed by atoms with van der Waals surface area (Å²) in [5, 5.41) is 15.7. The van der Waals surface area contributed by atoms with Crippen LogP contribution in [-0.2, 0) is 9.53 Å². The van der Waals surface area contributed by atoms with Crippen LogP contribution in [-0.4, -0.2) is 68.3 Å². The summed E-state index contributed by atoms with van der Waals surface area (Å²) < 4.78 is 11.3. The second-order valence-electron chi connectivity index (χ2n) is 7.46. The Morgan fingerprint density at radius 2 is 2.16 bits per heavy atom. The number of morpholine rings is 1. The number of nitrogens with one attached hydrogen (secondary N) is 2. The van der Waals surface area contributed by atoms with Gasteiger partial charge < -0.3 is 24.8 Å². The van der Waals surface area contributed by atoms with E-state index in [1.54, 1.807) is 6.21 Å². The lowest BCUT2D eigenvalue weighted by Crippen LogP contribution is -2.36. The highest BCUT2D eigenvalue weighted by molar-refractivity contribution is 5.80. The molecular weight excluding hydrogens is 410 g/mol. The zero-order valence-electron chi connectivity index (χ0n) is 18.4. The van der Waals surface area contributed by atoms with Crippen LogP contribution in [0.2, 0.25) is 0 Å². The third-order valence-corrected chi connectivity index (χ3v) is 4.83. The molecule has 2 aromatic rings. The quantitative estimate of drug-likeness (QED) is 0.278. The Balaban J connectivity index is 1.63. The molecular formula is C23H31N5O4. The van der Waals surface area contributed by atoms with E-state index in [2.05, 4.69) is 25.7 Å². The summed E-state index contributed by atoms with van der Waals surface area (Å²) in [6, 6.07) is 11.9. The van der Waals surface area contributed by atoms with Gasteiger partial charge in [-0.2, -0.15) is 10.1 Å². The second-order valence-corrected chi connectivity index (χ2v) is 7.46. The normalized spacial score (nSPS) is 13.9. The molecule has 1 saturated heterocycles. The van der Waals surface area contributed by atoms with Crippen molar-refractivity contribution in [2.75, 3.05) is 56.4 Å². The number of aliphatic hydroxyl groups excluding tert-OH is 1. The first-order valence-corrected chi connectivity index (χ1v) is 10.8. The number of ether oxygens (including phenoxy) is 2. The predicted octanol–water partition coefficient (Wildman–Crippen LogP) is 1.94. The van der Waals surface area contributed by atoms with E-state index in [1.165, 1.54) is 5.56 Å². The molecule has 1 aliphatic heterocycles. The zero-order chi connectivity index (χ0) is 22.6. The fourth-order valence-electron chi connectivity index (χ4n) is 3.24. The van der Waals surface area contributed by atoms with Gasteiger partial charge in [0.2, 0.25) is 11.8 Å². The second kappa shape index (κ2) is 12.6. The van der Waals surface area contributed by atoms with Crippen molar-refractivity contribution in [3.05, 3.63) is 47.5 Å². The number of aromatic nitrogens is 1. The number of hydrogen-bond acceptors (Lipinski definition) is 8. The molecule has 0 spiro atoms. The summed E-state index contributed by atoms with van der Waals surface area (Å²) >= 11 is 0. The van der Waals surface area contributed by atoms with Crippen molar-refractivity contribution < 1.29 is 19.4 Å². The third-order valence-electron chi connectivity index (χ3n) is 4.83. The van der Waals surface area contributed by atoms with Crippen molar-refractivity contribution in [3.63, 3.8) is 0 Å². The fraction of sp³-hybridized carbons (Fsp3) is 0.435. The van der Waals surface area contributed by atoms with E-state index in [0.717, 1.165) is 24.3 Å². The van der Waals surface area contributed by atoms with Gasteiger partial charge in [-0.1, -0.05) is 29.8 Å². The third kappa shape index (κ3) is 7.82. The highest BCUT2D eigenvalue weighted by Crippen LogP contribution is 2.25. The molecule has 2 heterocycles. The summed E-state index contributed by atoms with van der Waals surface area (Å²) in [6.07, 6.45) is 2.63. The summed E-state index contributed by atoms with van der Waals surface area (Å²) in [5.41, 5.74) is 6.14. The molecule has 1 aromatic heterocycles. The monoisotopic (exact) mass is 441 g/mol. The molecule has 0 radical (unpaired) electrons. The molecule has 3 rings (SSSR count). The van der Waals surface area contributed by atoms with E-state index in [1.807, 2.05) is 43.3 Å². The van der Waals surface area contributed by atoms with Crippen LogP contribution in [0.5, 0.6) is 5.88 Å².